The number of thioether (sulfide) groups is 1. The number of carbonyl (C=O) groups excluding carboxylic acids is 2. The van der Waals surface area contributed by atoms with Gasteiger partial charge in [-0.25, -0.2) is 4.79 Å². The average Bonchev–Trinajstić information content (AvgIpc) is 2.33. The Morgan fingerprint density at radius 3 is 2.72 bits per heavy atom. The molecule has 100 valence electrons. The van der Waals surface area contributed by atoms with Crippen molar-refractivity contribution in [3.8, 4) is 0 Å². The van der Waals surface area contributed by atoms with E-state index in [1.807, 2.05) is 6.26 Å². The highest BCUT2D eigenvalue weighted by Gasteiger charge is 2.54. The number of Topliss-reactive ketones (excluding diaryl/α,β-unsaturated/α-hetero) is 1. The maximum absolute atomic E-state index is 12.1. The van der Waals surface area contributed by atoms with Crippen molar-refractivity contribution in [2.45, 2.75) is 24.8 Å². The summed E-state index contributed by atoms with van der Waals surface area (Å²) in [7, 11) is 0. The molecule has 1 fully saturated rings. The zero-order valence-corrected chi connectivity index (χ0v) is 11.2. The number of rotatable bonds is 6. The Hall–Kier alpha value is -1.30. The summed E-state index contributed by atoms with van der Waals surface area (Å²) in [6, 6.07) is 0. The van der Waals surface area contributed by atoms with Crippen LogP contribution in [-0.4, -0.2) is 51.8 Å². The van der Waals surface area contributed by atoms with Gasteiger partial charge in [-0.05, 0) is 18.4 Å². The fraction of sp³-hybridized carbons (Fsp3) is 0.583. The van der Waals surface area contributed by atoms with Crippen LogP contribution < -0.4 is 0 Å². The van der Waals surface area contributed by atoms with Crippen LogP contribution in [0.15, 0.2) is 12.7 Å². The van der Waals surface area contributed by atoms with Gasteiger partial charge >= 0.3 is 5.97 Å². The molecule has 1 aliphatic heterocycles. The molecule has 5 nitrogen and oxygen atoms in total. The normalized spacial score (nSPS) is 24.2. The van der Waals surface area contributed by atoms with E-state index in [-0.39, 0.29) is 37.5 Å². The Labute approximate surface area is 110 Å². The zero-order chi connectivity index (χ0) is 13.8. The number of carboxylic acid groups (broad SMARTS) is 1. The number of hydrogen-bond donors (Lipinski definition) is 1. The van der Waals surface area contributed by atoms with Gasteiger partial charge in [0.05, 0.1) is 0 Å². The number of carbonyl (C=O) groups is 3. The van der Waals surface area contributed by atoms with E-state index in [1.54, 1.807) is 0 Å². The number of likely N-dealkylation sites (tertiary alicyclic amines) is 1. The van der Waals surface area contributed by atoms with Crippen molar-refractivity contribution >= 4 is 29.4 Å². The van der Waals surface area contributed by atoms with E-state index in [0.29, 0.717) is 5.75 Å². The number of ketones is 1. The number of amides is 1. The van der Waals surface area contributed by atoms with E-state index in [1.165, 1.54) is 17.8 Å². The van der Waals surface area contributed by atoms with Gasteiger partial charge in [-0.3, -0.25) is 9.59 Å². The summed E-state index contributed by atoms with van der Waals surface area (Å²) >= 11 is 1.46. The van der Waals surface area contributed by atoms with E-state index < -0.39 is 11.5 Å². The van der Waals surface area contributed by atoms with E-state index >= 15 is 0 Å². The summed E-state index contributed by atoms with van der Waals surface area (Å²) in [5, 5.41) is 9.44. The van der Waals surface area contributed by atoms with Gasteiger partial charge in [0.15, 0.2) is 11.3 Å². The van der Waals surface area contributed by atoms with E-state index in [2.05, 4.69) is 6.58 Å². The predicted molar refractivity (Wildman–Crippen MR) is 69.5 cm³/mol. The van der Waals surface area contributed by atoms with Crippen molar-refractivity contribution in [2.24, 2.45) is 0 Å². The van der Waals surface area contributed by atoms with Gasteiger partial charge in [-0.15, -0.1) is 6.58 Å². The summed E-state index contributed by atoms with van der Waals surface area (Å²) in [6.07, 6.45) is 3.52. The molecule has 1 amide bonds. The first kappa shape index (κ1) is 14.8. The molecule has 0 spiro atoms. The van der Waals surface area contributed by atoms with Crippen LogP contribution in [0, 0.1) is 0 Å². The molecular formula is C12H17NO4S. The Morgan fingerprint density at radius 2 is 2.22 bits per heavy atom. The molecule has 0 aliphatic carbocycles. The third kappa shape index (κ3) is 2.43. The molecule has 18 heavy (non-hydrogen) atoms. The van der Waals surface area contributed by atoms with Crippen LogP contribution in [0.3, 0.4) is 0 Å². The second-order valence-corrected chi connectivity index (χ2v) is 5.11. The lowest BCUT2D eigenvalue weighted by Crippen LogP contribution is -2.65. The Balaban J connectivity index is 3.18. The SMILES string of the molecule is C=CCN1C(=O)CCC(=O)[C@]1(CCSC)C(=O)O. The highest BCUT2D eigenvalue weighted by molar-refractivity contribution is 7.98. The minimum absolute atomic E-state index is 0.00710. The Morgan fingerprint density at radius 1 is 1.56 bits per heavy atom. The van der Waals surface area contributed by atoms with Crippen LogP contribution >= 0.6 is 11.8 Å². The van der Waals surface area contributed by atoms with Gasteiger partial charge in [-0.2, -0.15) is 11.8 Å². The number of carboxylic acids is 1. The van der Waals surface area contributed by atoms with E-state index in [9.17, 15) is 19.5 Å². The van der Waals surface area contributed by atoms with Gasteiger partial charge in [0.1, 0.15) is 0 Å². The van der Waals surface area contributed by atoms with Crippen molar-refractivity contribution in [3.05, 3.63) is 12.7 Å². The summed E-state index contributed by atoms with van der Waals surface area (Å²) in [5.74, 6) is -1.40. The minimum atomic E-state index is -1.70. The van der Waals surface area contributed by atoms with Crippen molar-refractivity contribution in [3.63, 3.8) is 0 Å². The summed E-state index contributed by atoms with van der Waals surface area (Å²) < 4.78 is 0. The molecular weight excluding hydrogens is 254 g/mol. The molecule has 0 bridgehead atoms. The summed E-state index contributed by atoms with van der Waals surface area (Å²) in [6.45, 7) is 3.60. The van der Waals surface area contributed by atoms with Gasteiger partial charge in [-0.1, -0.05) is 6.08 Å². The molecule has 1 saturated heterocycles. The molecule has 6 heteroatoms. The molecule has 0 aromatic carbocycles. The minimum Gasteiger partial charge on any atom is -0.479 e. The fourth-order valence-corrected chi connectivity index (χ4v) is 2.68. The fourth-order valence-electron chi connectivity index (χ4n) is 2.18. The van der Waals surface area contributed by atoms with Crippen molar-refractivity contribution in [2.75, 3.05) is 18.6 Å². The largest absolute Gasteiger partial charge is 0.479 e. The molecule has 0 radical (unpaired) electrons. The number of piperidine rings is 1. The maximum atomic E-state index is 12.1. The number of nitrogens with zero attached hydrogens (tertiary/aromatic N) is 1. The van der Waals surface area contributed by atoms with Crippen molar-refractivity contribution in [1.82, 2.24) is 4.90 Å². The standard InChI is InChI=1S/C12H17NO4S/c1-3-7-13-10(15)5-4-9(14)12(13,11(16)17)6-8-18-2/h3H,1,4-8H2,2H3,(H,16,17)/t12-/m1/s1. The van der Waals surface area contributed by atoms with Gasteiger partial charge < -0.3 is 10.0 Å². The smallest absolute Gasteiger partial charge is 0.337 e. The first-order valence-corrected chi connectivity index (χ1v) is 7.07. The second-order valence-electron chi connectivity index (χ2n) is 4.12. The molecule has 1 aliphatic rings. The Kier molecular flexibility index (Phi) is 4.95. The van der Waals surface area contributed by atoms with Crippen LogP contribution in [0.25, 0.3) is 0 Å². The monoisotopic (exact) mass is 271 g/mol. The lowest BCUT2D eigenvalue weighted by atomic mass is 9.82. The highest BCUT2D eigenvalue weighted by atomic mass is 32.2. The molecule has 0 aromatic rings. The van der Waals surface area contributed by atoms with E-state index in [0.717, 1.165) is 4.90 Å². The third-order valence-corrected chi connectivity index (χ3v) is 3.73. The Bertz CT molecular complexity index is 382. The molecule has 1 N–H and O–H groups in total. The predicted octanol–water partition coefficient (Wildman–Crippen LogP) is 0.940. The van der Waals surface area contributed by atoms with Crippen LogP contribution in [0.5, 0.6) is 0 Å². The topological polar surface area (TPSA) is 74.7 Å². The molecule has 1 atom stereocenters. The van der Waals surface area contributed by atoms with Crippen LogP contribution in [0.2, 0.25) is 0 Å². The van der Waals surface area contributed by atoms with Gasteiger partial charge in [0.2, 0.25) is 5.91 Å². The van der Waals surface area contributed by atoms with Crippen LogP contribution in [-0.2, 0) is 14.4 Å². The molecule has 1 heterocycles. The number of hydrogen-bond acceptors (Lipinski definition) is 4. The second kappa shape index (κ2) is 6.04. The lowest BCUT2D eigenvalue weighted by molar-refractivity contribution is -0.168. The molecule has 0 aromatic heterocycles. The molecule has 1 rings (SSSR count). The van der Waals surface area contributed by atoms with Crippen LogP contribution in [0.4, 0.5) is 0 Å². The number of aliphatic carboxylic acids is 1. The van der Waals surface area contributed by atoms with Crippen molar-refractivity contribution in [1.29, 1.82) is 0 Å². The highest BCUT2D eigenvalue weighted by Crippen LogP contribution is 2.30. The first-order chi connectivity index (χ1) is 8.50. The lowest BCUT2D eigenvalue weighted by Gasteiger charge is -2.42. The maximum Gasteiger partial charge on any atom is 0.337 e. The summed E-state index contributed by atoms with van der Waals surface area (Å²) in [4.78, 5) is 36.7. The quantitative estimate of drug-likeness (QED) is 0.575. The average molecular weight is 271 g/mol. The van der Waals surface area contributed by atoms with Crippen LogP contribution in [0.1, 0.15) is 19.3 Å². The molecule has 0 saturated carbocycles. The zero-order valence-electron chi connectivity index (χ0n) is 10.3. The molecule has 0 unspecified atom stereocenters. The van der Waals surface area contributed by atoms with Gasteiger partial charge in [0.25, 0.3) is 0 Å². The first-order valence-electron chi connectivity index (χ1n) is 5.67. The van der Waals surface area contributed by atoms with Gasteiger partial charge in [0, 0.05) is 19.4 Å². The third-order valence-electron chi connectivity index (χ3n) is 3.12. The van der Waals surface area contributed by atoms with E-state index in [4.69, 9.17) is 0 Å². The summed E-state index contributed by atoms with van der Waals surface area (Å²) in [5.41, 5.74) is -1.70. The van der Waals surface area contributed by atoms with Crippen molar-refractivity contribution < 1.29 is 19.5 Å².